The summed E-state index contributed by atoms with van der Waals surface area (Å²) in [5.41, 5.74) is -2.44. The predicted molar refractivity (Wildman–Crippen MR) is 67.0 cm³/mol. The Morgan fingerprint density at radius 1 is 0.773 bits per heavy atom. The number of carbonyl (C=O) groups excluding carboxylic acids is 4. The van der Waals surface area contributed by atoms with Crippen molar-refractivity contribution in [3.05, 3.63) is 34.4 Å². The number of carboxylic acids is 2. The Morgan fingerprint density at radius 2 is 1.09 bits per heavy atom. The molecule has 0 radical (unpaired) electrons. The first kappa shape index (κ1) is 17.2. The lowest BCUT2D eigenvalue weighted by atomic mass is 9.98. The molecule has 0 fully saturated rings. The van der Waals surface area contributed by atoms with E-state index in [1.54, 1.807) is 0 Å². The van der Waals surface area contributed by atoms with Crippen LogP contribution in [0.25, 0.3) is 0 Å². The molecule has 0 amide bonds. The van der Waals surface area contributed by atoms with Crippen LogP contribution in [0.2, 0.25) is 0 Å². The van der Waals surface area contributed by atoms with E-state index in [-0.39, 0.29) is 13.2 Å². The van der Waals surface area contributed by atoms with Crippen molar-refractivity contribution in [3.8, 4) is 0 Å². The van der Waals surface area contributed by atoms with Gasteiger partial charge < -0.3 is 29.3 Å². The van der Waals surface area contributed by atoms with E-state index in [2.05, 4.69) is 9.47 Å². The van der Waals surface area contributed by atoms with Crippen molar-refractivity contribution in [1.29, 1.82) is 0 Å². The highest BCUT2D eigenvalue weighted by molar-refractivity contribution is 6.09. The topological polar surface area (TPSA) is 133 Å². The monoisotopic (exact) mass is 308 g/mol. The Hall–Kier alpha value is -2.90. The van der Waals surface area contributed by atoms with Gasteiger partial charge in [-0.2, -0.15) is 0 Å². The minimum atomic E-state index is -1.77. The molecule has 1 rings (SSSR count). The normalized spacial score (nSPS) is 9.91. The van der Waals surface area contributed by atoms with Crippen molar-refractivity contribution < 1.29 is 38.9 Å². The molecule has 0 aliphatic carbocycles. The fourth-order valence-corrected chi connectivity index (χ4v) is 1.69. The smallest absolute Gasteiger partial charge is 0.338 e. The number of rotatable bonds is 6. The molecule has 22 heavy (non-hydrogen) atoms. The number of carboxylic acid groups (broad SMARTS) is 2. The fourth-order valence-electron chi connectivity index (χ4n) is 1.69. The Labute approximate surface area is 125 Å². The molecule has 0 bridgehead atoms. The molecule has 0 aliphatic rings. The van der Waals surface area contributed by atoms with Gasteiger partial charge in [-0.05, 0) is 26.0 Å². The summed E-state index contributed by atoms with van der Waals surface area (Å²) in [5.74, 6) is -5.64. The first-order chi connectivity index (χ1) is 10.3. The fraction of sp³-hybridized carbons (Fsp3) is 0.286. The molecule has 8 nitrogen and oxygen atoms in total. The van der Waals surface area contributed by atoms with Gasteiger partial charge in [0.15, 0.2) is 0 Å². The zero-order valence-electron chi connectivity index (χ0n) is 11.8. The van der Waals surface area contributed by atoms with Crippen molar-refractivity contribution in [2.45, 2.75) is 13.8 Å². The van der Waals surface area contributed by atoms with Crippen LogP contribution in [0.1, 0.15) is 55.3 Å². The third kappa shape index (κ3) is 3.60. The van der Waals surface area contributed by atoms with E-state index in [1.807, 2.05) is 0 Å². The summed E-state index contributed by atoms with van der Waals surface area (Å²) in [7, 11) is 0. The van der Waals surface area contributed by atoms with Crippen LogP contribution in [0.3, 0.4) is 0 Å². The van der Waals surface area contributed by atoms with E-state index in [0.29, 0.717) is 12.1 Å². The van der Waals surface area contributed by atoms with Crippen LogP contribution in [-0.4, -0.2) is 37.1 Å². The largest absolute Gasteiger partial charge is 0.545 e. The second kappa shape index (κ2) is 7.21. The molecule has 1 aromatic carbocycles. The average molecular weight is 308 g/mol. The van der Waals surface area contributed by atoms with E-state index in [0.717, 1.165) is 0 Å². The molecular formula is C14H12O8-2. The first-order valence-corrected chi connectivity index (χ1v) is 6.28. The molecule has 0 N–H and O–H groups in total. The second-order valence-electron chi connectivity index (χ2n) is 3.96. The Kier molecular flexibility index (Phi) is 5.62. The molecule has 0 aliphatic heterocycles. The average Bonchev–Trinajstić information content (AvgIpc) is 2.46. The molecule has 0 saturated carbocycles. The molecule has 8 heteroatoms. The lowest BCUT2D eigenvalue weighted by Crippen LogP contribution is -2.30. The van der Waals surface area contributed by atoms with Crippen LogP contribution >= 0.6 is 0 Å². The van der Waals surface area contributed by atoms with Gasteiger partial charge in [0.2, 0.25) is 0 Å². The quantitative estimate of drug-likeness (QED) is 0.596. The number of hydrogen-bond donors (Lipinski definition) is 0. The number of esters is 2. The molecule has 0 aromatic heterocycles. The molecule has 118 valence electrons. The number of benzene rings is 1. The van der Waals surface area contributed by atoms with Crippen molar-refractivity contribution >= 4 is 23.9 Å². The van der Waals surface area contributed by atoms with Gasteiger partial charge in [0.05, 0.1) is 36.3 Å². The summed E-state index contributed by atoms with van der Waals surface area (Å²) in [6, 6.07) is 1.40. The molecule has 0 unspecified atom stereocenters. The van der Waals surface area contributed by atoms with Crippen LogP contribution in [0.4, 0.5) is 0 Å². The number of aromatic carboxylic acids is 2. The van der Waals surface area contributed by atoms with Crippen molar-refractivity contribution in [3.63, 3.8) is 0 Å². The second-order valence-corrected chi connectivity index (χ2v) is 3.96. The third-order valence-electron chi connectivity index (χ3n) is 2.59. The van der Waals surface area contributed by atoms with Gasteiger partial charge in [0.25, 0.3) is 0 Å². The summed E-state index contributed by atoms with van der Waals surface area (Å²) in [6.07, 6.45) is 0. The minimum Gasteiger partial charge on any atom is -0.545 e. The maximum Gasteiger partial charge on any atom is 0.338 e. The Balaban J connectivity index is 3.57. The highest BCUT2D eigenvalue weighted by Crippen LogP contribution is 2.19. The number of ether oxygens (including phenoxy) is 2. The highest BCUT2D eigenvalue weighted by atomic mass is 16.5. The highest BCUT2D eigenvalue weighted by Gasteiger charge is 2.21. The summed E-state index contributed by atoms with van der Waals surface area (Å²) < 4.78 is 9.28. The first-order valence-electron chi connectivity index (χ1n) is 6.28. The van der Waals surface area contributed by atoms with Gasteiger partial charge in [0.1, 0.15) is 0 Å². The maximum atomic E-state index is 11.7. The van der Waals surface area contributed by atoms with E-state index >= 15 is 0 Å². The standard InChI is InChI=1S/C14H14O8/c1-3-21-13(19)9-5-8(12(17)18)10(14(20)22-4-2)6-7(9)11(15)16/h5-6H,3-4H2,1-2H3,(H,15,16)(H,17,18)/p-2. The maximum absolute atomic E-state index is 11.7. The number of hydrogen-bond acceptors (Lipinski definition) is 8. The summed E-state index contributed by atoms with van der Waals surface area (Å²) in [4.78, 5) is 45.6. The van der Waals surface area contributed by atoms with Crippen molar-refractivity contribution in [2.24, 2.45) is 0 Å². The molecule has 0 saturated heterocycles. The van der Waals surface area contributed by atoms with Gasteiger partial charge in [0, 0.05) is 11.1 Å². The zero-order chi connectivity index (χ0) is 16.9. The van der Waals surface area contributed by atoms with Crippen molar-refractivity contribution in [1.82, 2.24) is 0 Å². The van der Waals surface area contributed by atoms with Crippen LogP contribution in [0.5, 0.6) is 0 Å². The Morgan fingerprint density at radius 3 is 1.32 bits per heavy atom. The van der Waals surface area contributed by atoms with Crippen LogP contribution < -0.4 is 10.2 Å². The summed E-state index contributed by atoms with van der Waals surface area (Å²) in [6.45, 7) is 2.88. The number of carbonyl (C=O) groups is 4. The third-order valence-corrected chi connectivity index (χ3v) is 2.59. The SMILES string of the molecule is CCOC(=O)c1cc(C(=O)[O-])c(C(=O)OCC)cc1C(=O)[O-]. The molecule has 0 spiro atoms. The van der Waals surface area contributed by atoms with Crippen LogP contribution in [-0.2, 0) is 9.47 Å². The van der Waals surface area contributed by atoms with Crippen LogP contribution in [0, 0.1) is 0 Å². The molecule has 0 atom stereocenters. The Bertz CT molecular complexity index is 576. The van der Waals surface area contributed by atoms with Crippen LogP contribution in [0.15, 0.2) is 12.1 Å². The predicted octanol–water partition coefficient (Wildman–Crippen LogP) is -1.23. The summed E-state index contributed by atoms with van der Waals surface area (Å²) in [5, 5.41) is 22.2. The molecule has 0 heterocycles. The zero-order valence-corrected chi connectivity index (χ0v) is 11.8. The summed E-state index contributed by atoms with van der Waals surface area (Å²) >= 11 is 0. The van der Waals surface area contributed by atoms with E-state index in [9.17, 15) is 29.4 Å². The lowest BCUT2D eigenvalue weighted by molar-refractivity contribution is -0.256. The van der Waals surface area contributed by atoms with Gasteiger partial charge in [-0.15, -0.1) is 0 Å². The van der Waals surface area contributed by atoms with Gasteiger partial charge in [-0.3, -0.25) is 0 Å². The lowest BCUT2D eigenvalue weighted by Gasteiger charge is -2.16. The molecule has 1 aromatic rings. The molecular weight excluding hydrogens is 296 g/mol. The van der Waals surface area contributed by atoms with E-state index in [1.165, 1.54) is 13.8 Å². The van der Waals surface area contributed by atoms with E-state index in [4.69, 9.17) is 0 Å². The van der Waals surface area contributed by atoms with Gasteiger partial charge in [-0.25, -0.2) is 9.59 Å². The van der Waals surface area contributed by atoms with Gasteiger partial charge >= 0.3 is 11.9 Å². The van der Waals surface area contributed by atoms with Gasteiger partial charge in [-0.1, -0.05) is 0 Å². The van der Waals surface area contributed by atoms with Crippen molar-refractivity contribution in [2.75, 3.05) is 13.2 Å². The minimum absolute atomic E-state index is 0.0500. The van der Waals surface area contributed by atoms with E-state index < -0.39 is 46.1 Å².